The van der Waals surface area contributed by atoms with Crippen LogP contribution in [0.25, 0.3) is 26.4 Å². The van der Waals surface area contributed by atoms with Crippen LogP contribution >= 0.6 is 22.9 Å². The van der Waals surface area contributed by atoms with Crippen molar-refractivity contribution in [3.8, 4) is 17.0 Å². The molecule has 1 atom stereocenters. The highest BCUT2D eigenvalue weighted by Gasteiger charge is 2.12. The molecule has 0 aliphatic heterocycles. The Labute approximate surface area is 143 Å². The number of ether oxygens (including phenoxy) is 1. The average Bonchev–Trinajstić information content (AvgIpc) is 3.14. The van der Waals surface area contributed by atoms with Gasteiger partial charge in [0.1, 0.15) is 5.75 Å². The van der Waals surface area contributed by atoms with Crippen LogP contribution in [-0.4, -0.2) is 14.9 Å². The molecule has 0 aliphatic rings. The minimum absolute atomic E-state index is 0.289. The van der Waals surface area contributed by atoms with Crippen LogP contribution in [0, 0.1) is 0 Å². The van der Waals surface area contributed by atoms with E-state index in [0.717, 1.165) is 28.4 Å². The van der Waals surface area contributed by atoms with Crippen LogP contribution in [0.15, 0.2) is 54.7 Å². The standard InChI is InChI=1S/C18H15ClN2OS/c1-2-17(19)22-13-9-7-12(8-10-13)15-11-20-18-21(15)14-5-3-4-6-16(14)23-18/h3-11,17H,2H2,1H3. The van der Waals surface area contributed by atoms with Crippen LogP contribution in [0.5, 0.6) is 5.75 Å². The first kappa shape index (κ1) is 14.5. The molecule has 2 heterocycles. The first-order valence-corrected chi connectivity index (χ1v) is 8.77. The van der Waals surface area contributed by atoms with E-state index in [1.54, 1.807) is 11.3 Å². The average molecular weight is 343 g/mol. The van der Waals surface area contributed by atoms with Crippen LogP contribution in [0.2, 0.25) is 0 Å². The van der Waals surface area contributed by atoms with Gasteiger partial charge in [0.2, 0.25) is 0 Å². The number of nitrogens with zero attached hydrogens (tertiary/aromatic N) is 2. The van der Waals surface area contributed by atoms with E-state index in [4.69, 9.17) is 16.3 Å². The van der Waals surface area contributed by atoms with Crippen molar-refractivity contribution in [2.75, 3.05) is 0 Å². The topological polar surface area (TPSA) is 26.5 Å². The van der Waals surface area contributed by atoms with Crippen molar-refractivity contribution < 1.29 is 4.74 Å². The van der Waals surface area contributed by atoms with Crippen molar-refractivity contribution in [3.63, 3.8) is 0 Å². The summed E-state index contributed by atoms with van der Waals surface area (Å²) in [5.41, 5.74) is 3.09. The number of thiazole rings is 1. The minimum Gasteiger partial charge on any atom is -0.475 e. The molecule has 0 amide bonds. The second-order valence-corrected chi connectivity index (χ2v) is 6.79. The van der Waals surface area contributed by atoms with Crippen molar-refractivity contribution in [1.29, 1.82) is 0 Å². The number of benzene rings is 2. The normalized spacial score (nSPS) is 12.8. The summed E-state index contributed by atoms with van der Waals surface area (Å²) in [5.74, 6) is 0.784. The smallest absolute Gasteiger partial charge is 0.195 e. The predicted octanol–water partition coefficient (Wildman–Crippen LogP) is 5.57. The Kier molecular flexibility index (Phi) is 3.71. The lowest BCUT2D eigenvalue weighted by Gasteiger charge is -2.10. The zero-order valence-electron chi connectivity index (χ0n) is 12.6. The molecule has 2 aromatic heterocycles. The first-order valence-electron chi connectivity index (χ1n) is 7.52. The monoisotopic (exact) mass is 342 g/mol. The van der Waals surface area contributed by atoms with Gasteiger partial charge in [-0.25, -0.2) is 4.98 Å². The van der Waals surface area contributed by atoms with Crippen LogP contribution < -0.4 is 4.74 Å². The number of hydrogen-bond acceptors (Lipinski definition) is 3. The highest BCUT2D eigenvalue weighted by atomic mass is 35.5. The van der Waals surface area contributed by atoms with E-state index >= 15 is 0 Å². The van der Waals surface area contributed by atoms with Crippen molar-refractivity contribution >= 4 is 38.1 Å². The molecule has 23 heavy (non-hydrogen) atoms. The summed E-state index contributed by atoms with van der Waals surface area (Å²) < 4.78 is 9.06. The lowest BCUT2D eigenvalue weighted by molar-refractivity contribution is 0.277. The fourth-order valence-electron chi connectivity index (χ4n) is 2.61. The lowest BCUT2D eigenvalue weighted by atomic mass is 10.1. The molecule has 0 bridgehead atoms. The molecule has 0 fully saturated rings. The zero-order valence-corrected chi connectivity index (χ0v) is 14.1. The van der Waals surface area contributed by atoms with E-state index in [0.29, 0.717) is 0 Å². The van der Waals surface area contributed by atoms with Gasteiger partial charge >= 0.3 is 0 Å². The van der Waals surface area contributed by atoms with Crippen molar-refractivity contribution in [2.45, 2.75) is 18.9 Å². The Morgan fingerprint density at radius 3 is 2.74 bits per heavy atom. The molecule has 0 saturated carbocycles. The molecule has 116 valence electrons. The summed E-state index contributed by atoms with van der Waals surface area (Å²) in [7, 11) is 0. The maximum absolute atomic E-state index is 6.03. The van der Waals surface area contributed by atoms with Gasteiger partial charge in [-0.1, -0.05) is 42.0 Å². The second kappa shape index (κ2) is 5.87. The molecule has 3 nitrogen and oxygen atoms in total. The molecule has 4 rings (SSSR count). The Balaban J connectivity index is 1.77. The Bertz CT molecular complexity index is 958. The lowest BCUT2D eigenvalue weighted by Crippen LogP contribution is -2.06. The number of fused-ring (bicyclic) bond motifs is 3. The predicted molar refractivity (Wildman–Crippen MR) is 96.6 cm³/mol. The first-order chi connectivity index (χ1) is 11.3. The number of aromatic nitrogens is 2. The summed E-state index contributed by atoms with van der Waals surface area (Å²) in [5, 5.41) is 0. The fourth-order valence-corrected chi connectivity index (χ4v) is 3.71. The number of halogens is 1. The molecule has 0 N–H and O–H groups in total. The highest BCUT2D eigenvalue weighted by molar-refractivity contribution is 7.23. The van der Waals surface area contributed by atoms with Crippen LogP contribution in [-0.2, 0) is 0 Å². The Morgan fingerprint density at radius 1 is 1.17 bits per heavy atom. The van der Waals surface area contributed by atoms with Gasteiger partial charge in [-0.2, -0.15) is 0 Å². The number of rotatable bonds is 4. The molecule has 1 unspecified atom stereocenters. The van der Waals surface area contributed by atoms with Gasteiger partial charge in [-0.15, -0.1) is 0 Å². The van der Waals surface area contributed by atoms with Gasteiger partial charge in [-0.3, -0.25) is 4.40 Å². The van der Waals surface area contributed by atoms with Crippen molar-refractivity contribution in [3.05, 3.63) is 54.7 Å². The third-order valence-corrected chi connectivity index (χ3v) is 5.21. The Morgan fingerprint density at radius 2 is 1.96 bits per heavy atom. The third-order valence-electron chi connectivity index (χ3n) is 3.77. The third kappa shape index (κ3) is 2.58. The number of alkyl halides is 1. The zero-order chi connectivity index (χ0) is 15.8. The summed E-state index contributed by atoms with van der Waals surface area (Å²) in [6.45, 7) is 2.00. The van der Waals surface area contributed by atoms with Gasteiger partial charge in [0.25, 0.3) is 0 Å². The molecule has 4 aromatic rings. The quantitative estimate of drug-likeness (QED) is 0.453. The van der Waals surface area contributed by atoms with Gasteiger partial charge in [-0.05, 0) is 42.8 Å². The maximum Gasteiger partial charge on any atom is 0.195 e. The summed E-state index contributed by atoms with van der Waals surface area (Å²) >= 11 is 7.73. The molecule has 0 spiro atoms. The van der Waals surface area contributed by atoms with Gasteiger partial charge in [0.05, 0.1) is 22.1 Å². The molecular weight excluding hydrogens is 328 g/mol. The number of para-hydroxylation sites is 1. The van der Waals surface area contributed by atoms with Crippen LogP contribution in [0.1, 0.15) is 13.3 Å². The largest absolute Gasteiger partial charge is 0.475 e. The molecule has 0 aliphatic carbocycles. The van der Waals surface area contributed by atoms with Crippen LogP contribution in [0.3, 0.4) is 0 Å². The molecular formula is C18H15ClN2OS. The van der Waals surface area contributed by atoms with Gasteiger partial charge in [0, 0.05) is 5.56 Å². The number of hydrogen-bond donors (Lipinski definition) is 0. The minimum atomic E-state index is -0.289. The van der Waals surface area contributed by atoms with Crippen LogP contribution in [0.4, 0.5) is 0 Å². The van der Waals surface area contributed by atoms with E-state index < -0.39 is 0 Å². The van der Waals surface area contributed by atoms with Gasteiger partial charge in [0.15, 0.2) is 10.5 Å². The van der Waals surface area contributed by atoms with E-state index in [9.17, 15) is 0 Å². The van der Waals surface area contributed by atoms with Crippen molar-refractivity contribution in [1.82, 2.24) is 9.38 Å². The molecule has 5 heteroatoms. The Hall–Kier alpha value is -2.04. The van der Waals surface area contributed by atoms with E-state index in [-0.39, 0.29) is 5.56 Å². The summed E-state index contributed by atoms with van der Waals surface area (Å²) in [6, 6.07) is 16.4. The van der Waals surface area contributed by atoms with E-state index in [1.165, 1.54) is 10.2 Å². The van der Waals surface area contributed by atoms with E-state index in [2.05, 4.69) is 33.7 Å². The maximum atomic E-state index is 6.03. The van der Waals surface area contributed by atoms with E-state index in [1.807, 2.05) is 37.4 Å². The molecule has 0 saturated heterocycles. The SMILES string of the molecule is CCC(Cl)Oc1ccc(-c2cnc3sc4ccccc4n23)cc1. The van der Waals surface area contributed by atoms with Crippen molar-refractivity contribution in [2.24, 2.45) is 0 Å². The summed E-state index contributed by atoms with van der Waals surface area (Å²) in [4.78, 5) is 5.55. The van der Waals surface area contributed by atoms with Gasteiger partial charge < -0.3 is 4.74 Å². The highest BCUT2D eigenvalue weighted by Crippen LogP contribution is 2.32. The number of imidazole rings is 1. The molecule has 0 radical (unpaired) electrons. The summed E-state index contributed by atoms with van der Waals surface area (Å²) in [6.07, 6.45) is 2.69. The second-order valence-electron chi connectivity index (χ2n) is 5.29. The molecule has 2 aromatic carbocycles. The fraction of sp³-hybridized carbons (Fsp3) is 0.167.